The van der Waals surface area contributed by atoms with Gasteiger partial charge in [-0.25, -0.2) is 0 Å². The molecule has 4 heteroatoms. The first-order valence-corrected chi connectivity index (χ1v) is 7.16. The lowest BCUT2D eigenvalue weighted by atomic mass is 10.1. The molecule has 2 rings (SSSR count). The fraction of sp³-hybridized carbons (Fsp3) is 0.250. The van der Waals surface area contributed by atoms with Gasteiger partial charge in [-0.05, 0) is 42.3 Å². The van der Waals surface area contributed by atoms with E-state index >= 15 is 0 Å². The lowest BCUT2D eigenvalue weighted by Gasteiger charge is -2.21. The summed E-state index contributed by atoms with van der Waals surface area (Å²) in [4.78, 5) is 2.07. The third kappa shape index (κ3) is 3.66. The monoisotopic (exact) mass is 309 g/mol. The molecule has 1 N–H and O–H groups in total. The number of nitrogens with zero attached hydrogens (tertiary/aromatic N) is 1. The minimum Gasteiger partial charge on any atom is -0.389 e. The van der Waals surface area contributed by atoms with Gasteiger partial charge in [0.2, 0.25) is 0 Å². The minimum absolute atomic E-state index is 0.511. The van der Waals surface area contributed by atoms with E-state index in [0.717, 1.165) is 28.4 Å². The molecule has 0 aliphatic heterocycles. The molecule has 2 aromatic carbocycles. The summed E-state index contributed by atoms with van der Waals surface area (Å²) in [7, 11) is 1.98. The molecule has 0 spiro atoms. The number of benzene rings is 2. The highest BCUT2D eigenvalue weighted by atomic mass is 35.5. The minimum atomic E-state index is -0.511. The SMILES string of the molecule is C[C@@H](O)c1ccc(N(C)Cc2ccc(Cl)cc2)c(Cl)c1. The number of aliphatic hydroxyl groups excluding tert-OH is 1. The Kier molecular flexibility index (Phi) is 4.92. The Morgan fingerprint density at radius 1 is 1.10 bits per heavy atom. The number of rotatable bonds is 4. The van der Waals surface area contributed by atoms with Gasteiger partial charge in [0.25, 0.3) is 0 Å². The molecule has 0 heterocycles. The van der Waals surface area contributed by atoms with Gasteiger partial charge in [-0.15, -0.1) is 0 Å². The highest BCUT2D eigenvalue weighted by Gasteiger charge is 2.09. The highest BCUT2D eigenvalue weighted by molar-refractivity contribution is 6.33. The fourth-order valence-corrected chi connectivity index (χ4v) is 2.50. The van der Waals surface area contributed by atoms with Crippen LogP contribution < -0.4 is 4.90 Å². The van der Waals surface area contributed by atoms with E-state index in [2.05, 4.69) is 4.90 Å². The lowest BCUT2D eigenvalue weighted by molar-refractivity contribution is 0.199. The molecule has 0 unspecified atom stereocenters. The summed E-state index contributed by atoms with van der Waals surface area (Å²) in [6.07, 6.45) is -0.511. The first-order chi connectivity index (χ1) is 9.47. The fourth-order valence-electron chi connectivity index (χ4n) is 2.04. The van der Waals surface area contributed by atoms with Crippen LogP contribution in [0.5, 0.6) is 0 Å². The molecular formula is C16H17Cl2NO. The van der Waals surface area contributed by atoms with E-state index in [1.54, 1.807) is 13.0 Å². The maximum atomic E-state index is 9.55. The van der Waals surface area contributed by atoms with Crippen molar-refractivity contribution in [1.82, 2.24) is 0 Å². The Hall–Kier alpha value is -1.22. The predicted molar refractivity (Wildman–Crippen MR) is 85.6 cm³/mol. The molecule has 0 saturated heterocycles. The summed E-state index contributed by atoms with van der Waals surface area (Å²) in [6, 6.07) is 13.4. The van der Waals surface area contributed by atoms with Gasteiger partial charge in [0.05, 0.1) is 16.8 Å². The molecule has 106 valence electrons. The van der Waals surface area contributed by atoms with Crippen LogP contribution in [0.15, 0.2) is 42.5 Å². The van der Waals surface area contributed by atoms with Crippen molar-refractivity contribution >= 4 is 28.9 Å². The van der Waals surface area contributed by atoms with E-state index in [4.69, 9.17) is 23.2 Å². The Bertz CT molecular complexity index is 582. The second-order valence-corrected chi connectivity index (χ2v) is 5.71. The van der Waals surface area contributed by atoms with Crippen molar-refractivity contribution in [1.29, 1.82) is 0 Å². The predicted octanol–water partition coefficient (Wildman–Crippen LogP) is 4.68. The third-order valence-electron chi connectivity index (χ3n) is 3.20. The molecule has 2 nitrogen and oxygen atoms in total. The first kappa shape index (κ1) is 15.2. The Labute approximate surface area is 129 Å². The summed E-state index contributed by atoms with van der Waals surface area (Å²) < 4.78 is 0. The molecular weight excluding hydrogens is 293 g/mol. The van der Waals surface area contributed by atoms with Crippen LogP contribution in [0.1, 0.15) is 24.2 Å². The van der Waals surface area contributed by atoms with Crippen molar-refractivity contribution < 1.29 is 5.11 Å². The van der Waals surface area contributed by atoms with Crippen molar-refractivity contribution in [3.05, 3.63) is 63.6 Å². The molecule has 0 fully saturated rings. The molecule has 0 saturated carbocycles. The average molecular weight is 310 g/mol. The summed E-state index contributed by atoms with van der Waals surface area (Å²) in [5.41, 5.74) is 2.91. The molecule has 0 amide bonds. The van der Waals surface area contributed by atoms with E-state index < -0.39 is 6.10 Å². The zero-order valence-corrected chi connectivity index (χ0v) is 13.0. The van der Waals surface area contributed by atoms with E-state index in [1.165, 1.54) is 0 Å². The summed E-state index contributed by atoms with van der Waals surface area (Å²) in [6.45, 7) is 2.47. The zero-order chi connectivity index (χ0) is 14.7. The van der Waals surface area contributed by atoms with Crippen molar-refractivity contribution in [2.24, 2.45) is 0 Å². The summed E-state index contributed by atoms with van der Waals surface area (Å²) in [5.74, 6) is 0. The average Bonchev–Trinajstić information content (AvgIpc) is 2.41. The first-order valence-electron chi connectivity index (χ1n) is 6.40. The van der Waals surface area contributed by atoms with Crippen LogP contribution >= 0.6 is 23.2 Å². The molecule has 0 radical (unpaired) electrons. The molecule has 2 aromatic rings. The largest absolute Gasteiger partial charge is 0.389 e. The Balaban J connectivity index is 2.16. The van der Waals surface area contributed by atoms with Crippen LogP contribution in [0.25, 0.3) is 0 Å². The summed E-state index contributed by atoms with van der Waals surface area (Å²) >= 11 is 12.2. The topological polar surface area (TPSA) is 23.5 Å². The van der Waals surface area contributed by atoms with Gasteiger partial charge < -0.3 is 10.0 Å². The smallest absolute Gasteiger partial charge is 0.0762 e. The Morgan fingerprint density at radius 3 is 2.30 bits per heavy atom. The molecule has 0 aliphatic carbocycles. The second-order valence-electron chi connectivity index (χ2n) is 4.87. The maximum Gasteiger partial charge on any atom is 0.0762 e. The standard InChI is InChI=1S/C16H17Cl2NO/c1-11(20)13-5-8-16(15(18)9-13)19(2)10-12-3-6-14(17)7-4-12/h3-9,11,20H,10H2,1-2H3/t11-/m1/s1. The van der Waals surface area contributed by atoms with E-state index in [0.29, 0.717) is 5.02 Å². The quantitative estimate of drug-likeness (QED) is 0.886. The number of halogens is 2. The molecule has 0 aromatic heterocycles. The van der Waals surface area contributed by atoms with E-state index in [9.17, 15) is 5.11 Å². The van der Waals surface area contributed by atoms with E-state index in [-0.39, 0.29) is 0 Å². The normalized spacial score (nSPS) is 12.2. The Morgan fingerprint density at radius 2 is 1.75 bits per heavy atom. The molecule has 1 atom stereocenters. The van der Waals surface area contributed by atoms with Gasteiger partial charge in [-0.2, -0.15) is 0 Å². The van der Waals surface area contributed by atoms with Gasteiger partial charge in [-0.1, -0.05) is 41.4 Å². The van der Waals surface area contributed by atoms with Crippen molar-refractivity contribution in [3.63, 3.8) is 0 Å². The number of anilines is 1. The van der Waals surface area contributed by atoms with Crippen molar-refractivity contribution in [2.75, 3.05) is 11.9 Å². The molecule has 0 bridgehead atoms. The van der Waals surface area contributed by atoms with E-state index in [1.807, 2.05) is 43.4 Å². The van der Waals surface area contributed by atoms with Gasteiger partial charge >= 0.3 is 0 Å². The maximum absolute atomic E-state index is 9.55. The van der Waals surface area contributed by atoms with Gasteiger partial charge in [0, 0.05) is 18.6 Å². The second kappa shape index (κ2) is 6.49. The van der Waals surface area contributed by atoms with Crippen LogP contribution in [0.2, 0.25) is 10.0 Å². The third-order valence-corrected chi connectivity index (χ3v) is 3.75. The van der Waals surface area contributed by atoms with Gasteiger partial charge in [0.15, 0.2) is 0 Å². The lowest BCUT2D eigenvalue weighted by Crippen LogP contribution is -2.16. The van der Waals surface area contributed by atoms with Crippen LogP contribution in [0, 0.1) is 0 Å². The number of hydrogen-bond donors (Lipinski definition) is 1. The van der Waals surface area contributed by atoms with Crippen LogP contribution in [-0.2, 0) is 6.54 Å². The highest BCUT2D eigenvalue weighted by Crippen LogP contribution is 2.29. The van der Waals surface area contributed by atoms with Crippen molar-refractivity contribution in [3.8, 4) is 0 Å². The van der Waals surface area contributed by atoms with Gasteiger partial charge in [0.1, 0.15) is 0 Å². The number of aliphatic hydroxyl groups is 1. The number of hydrogen-bond acceptors (Lipinski definition) is 2. The van der Waals surface area contributed by atoms with Crippen molar-refractivity contribution in [2.45, 2.75) is 19.6 Å². The van der Waals surface area contributed by atoms with Crippen LogP contribution in [0.4, 0.5) is 5.69 Å². The van der Waals surface area contributed by atoms with Crippen LogP contribution in [-0.4, -0.2) is 12.2 Å². The molecule has 20 heavy (non-hydrogen) atoms. The molecule has 0 aliphatic rings. The zero-order valence-electron chi connectivity index (χ0n) is 11.5. The summed E-state index contributed by atoms with van der Waals surface area (Å²) in [5, 5.41) is 10.9. The van der Waals surface area contributed by atoms with Gasteiger partial charge in [-0.3, -0.25) is 0 Å². The van der Waals surface area contributed by atoms with Crippen LogP contribution in [0.3, 0.4) is 0 Å².